The summed E-state index contributed by atoms with van der Waals surface area (Å²) in [6.45, 7) is 0. The van der Waals surface area contributed by atoms with Gasteiger partial charge in [-0.2, -0.15) is 0 Å². The van der Waals surface area contributed by atoms with Crippen molar-refractivity contribution in [2.75, 3.05) is 14.1 Å². The van der Waals surface area contributed by atoms with Gasteiger partial charge in [-0.05, 0) is 42.2 Å². The van der Waals surface area contributed by atoms with Gasteiger partial charge in [-0.3, -0.25) is 0 Å². The van der Waals surface area contributed by atoms with Crippen LogP contribution in [0.3, 0.4) is 0 Å². The summed E-state index contributed by atoms with van der Waals surface area (Å²) in [5, 5.41) is 0.781. The van der Waals surface area contributed by atoms with Crippen molar-refractivity contribution in [2.45, 2.75) is 6.42 Å². The zero-order valence-corrected chi connectivity index (χ0v) is 10.3. The Bertz CT molecular complexity index is 427. The highest BCUT2D eigenvalue weighted by Gasteiger charge is 2.08. The topological polar surface area (TPSA) is 3.24 Å². The first-order valence-electron chi connectivity index (χ1n) is 5.35. The Balaban J connectivity index is 2.28. The number of hydrogen-bond donors (Lipinski definition) is 0. The second kappa shape index (κ2) is 4.75. The molecule has 0 aromatic heterocycles. The van der Waals surface area contributed by atoms with Gasteiger partial charge in [-0.15, -0.1) is 0 Å². The summed E-state index contributed by atoms with van der Waals surface area (Å²) < 4.78 is 0. The summed E-state index contributed by atoms with van der Waals surface area (Å²) in [7, 11) is 4.13. The van der Waals surface area contributed by atoms with Crippen molar-refractivity contribution in [3.63, 3.8) is 0 Å². The van der Waals surface area contributed by atoms with E-state index < -0.39 is 0 Å². The molecule has 1 aliphatic carbocycles. The molecule has 0 aliphatic heterocycles. The Morgan fingerprint density at radius 1 is 1.12 bits per heavy atom. The zero-order valence-electron chi connectivity index (χ0n) is 9.57. The molecule has 0 spiro atoms. The molecule has 1 aromatic rings. The Morgan fingerprint density at radius 3 is 2.44 bits per heavy atom. The second-order valence-corrected chi connectivity index (χ2v) is 4.51. The summed E-state index contributed by atoms with van der Waals surface area (Å²) in [5.74, 6) is 0. The number of allylic oxidation sites excluding steroid dienone is 3. The van der Waals surface area contributed by atoms with Crippen LogP contribution in [-0.4, -0.2) is 19.0 Å². The molecule has 0 heterocycles. The van der Waals surface area contributed by atoms with E-state index in [0.29, 0.717) is 0 Å². The third kappa shape index (κ3) is 2.48. The summed E-state index contributed by atoms with van der Waals surface area (Å²) in [5.41, 5.74) is 3.74. The fourth-order valence-electron chi connectivity index (χ4n) is 1.74. The van der Waals surface area contributed by atoms with Gasteiger partial charge in [-0.1, -0.05) is 29.8 Å². The fraction of sp³-hybridized carbons (Fsp3) is 0.214. The van der Waals surface area contributed by atoms with Crippen molar-refractivity contribution in [3.05, 3.63) is 59.1 Å². The van der Waals surface area contributed by atoms with E-state index in [1.807, 2.05) is 12.1 Å². The molecule has 1 radical (unpaired) electrons. The van der Waals surface area contributed by atoms with Gasteiger partial charge in [0.05, 0.1) is 0 Å². The normalized spacial score (nSPS) is 15.4. The van der Waals surface area contributed by atoms with Crippen molar-refractivity contribution < 1.29 is 0 Å². The van der Waals surface area contributed by atoms with E-state index >= 15 is 0 Å². The third-order valence-corrected chi connectivity index (χ3v) is 2.91. The van der Waals surface area contributed by atoms with Crippen LogP contribution in [0.4, 0.5) is 0 Å². The van der Waals surface area contributed by atoms with Crippen LogP contribution in [-0.2, 0) is 0 Å². The Morgan fingerprint density at radius 2 is 1.81 bits per heavy atom. The van der Waals surface area contributed by atoms with E-state index in [1.165, 1.54) is 16.8 Å². The lowest BCUT2D eigenvalue weighted by Crippen LogP contribution is -2.11. The van der Waals surface area contributed by atoms with E-state index in [4.69, 9.17) is 11.6 Å². The molecule has 2 heteroatoms. The van der Waals surface area contributed by atoms with Gasteiger partial charge in [0.2, 0.25) is 0 Å². The van der Waals surface area contributed by atoms with Gasteiger partial charge in [0.25, 0.3) is 0 Å². The van der Waals surface area contributed by atoms with E-state index in [0.717, 1.165) is 11.4 Å². The molecule has 0 bridgehead atoms. The number of nitrogens with zero attached hydrogens (tertiary/aromatic N) is 1. The van der Waals surface area contributed by atoms with E-state index in [2.05, 4.69) is 49.7 Å². The predicted octanol–water partition coefficient (Wildman–Crippen LogP) is 3.78. The lowest BCUT2D eigenvalue weighted by molar-refractivity contribution is 0.526. The van der Waals surface area contributed by atoms with E-state index in [1.54, 1.807) is 0 Å². The largest absolute Gasteiger partial charge is 0.378 e. The quantitative estimate of drug-likeness (QED) is 0.750. The van der Waals surface area contributed by atoms with Crippen LogP contribution in [0.5, 0.6) is 0 Å². The SMILES string of the molecule is CN(C)C1=CC[CH]C(c2ccc(Cl)cc2)=C1. The molecule has 1 aliphatic rings. The average Bonchev–Trinajstić information content (AvgIpc) is 2.30. The molecule has 0 saturated carbocycles. The highest BCUT2D eigenvalue weighted by molar-refractivity contribution is 6.30. The van der Waals surface area contributed by atoms with Crippen molar-refractivity contribution in [3.8, 4) is 0 Å². The molecule has 2 rings (SSSR count). The Hall–Kier alpha value is -1.21. The summed E-state index contributed by atoms with van der Waals surface area (Å²) in [6.07, 6.45) is 7.64. The van der Waals surface area contributed by atoms with Crippen LogP contribution in [0.25, 0.3) is 5.57 Å². The predicted molar refractivity (Wildman–Crippen MR) is 70.1 cm³/mol. The van der Waals surface area contributed by atoms with Gasteiger partial charge in [0.15, 0.2) is 0 Å². The molecule has 0 N–H and O–H groups in total. The maximum absolute atomic E-state index is 5.88. The van der Waals surface area contributed by atoms with Gasteiger partial charge in [0, 0.05) is 24.8 Å². The fourth-order valence-corrected chi connectivity index (χ4v) is 1.86. The Kier molecular flexibility index (Phi) is 3.35. The smallest absolute Gasteiger partial charge is 0.0406 e. The first kappa shape index (κ1) is 11.3. The average molecular weight is 233 g/mol. The Labute approximate surface area is 102 Å². The van der Waals surface area contributed by atoms with E-state index in [9.17, 15) is 0 Å². The molecule has 1 nitrogen and oxygen atoms in total. The molecule has 1 aromatic carbocycles. The number of benzene rings is 1. The number of halogens is 1. The molecule has 0 saturated heterocycles. The highest BCUT2D eigenvalue weighted by atomic mass is 35.5. The number of likely N-dealkylation sites (N-methyl/N-ethyl adjacent to an activating group) is 1. The third-order valence-electron chi connectivity index (χ3n) is 2.66. The number of rotatable bonds is 2. The molecule has 16 heavy (non-hydrogen) atoms. The summed E-state index contributed by atoms with van der Waals surface area (Å²) in [6, 6.07) is 7.98. The van der Waals surface area contributed by atoms with Crippen LogP contribution >= 0.6 is 11.6 Å². The maximum Gasteiger partial charge on any atom is 0.0406 e. The lowest BCUT2D eigenvalue weighted by Gasteiger charge is -2.20. The molecular formula is C14H15ClN. The molecule has 0 amide bonds. The highest BCUT2D eigenvalue weighted by Crippen LogP contribution is 2.27. The van der Waals surface area contributed by atoms with Crippen LogP contribution in [0, 0.1) is 6.42 Å². The summed E-state index contributed by atoms with van der Waals surface area (Å²) in [4.78, 5) is 2.13. The first-order chi connectivity index (χ1) is 7.66. The molecular weight excluding hydrogens is 218 g/mol. The lowest BCUT2D eigenvalue weighted by atomic mass is 9.96. The summed E-state index contributed by atoms with van der Waals surface area (Å²) >= 11 is 5.88. The van der Waals surface area contributed by atoms with Gasteiger partial charge in [-0.25, -0.2) is 0 Å². The van der Waals surface area contributed by atoms with Gasteiger partial charge in [0.1, 0.15) is 0 Å². The number of hydrogen-bond acceptors (Lipinski definition) is 1. The molecule has 0 atom stereocenters. The monoisotopic (exact) mass is 232 g/mol. The van der Waals surface area contributed by atoms with E-state index in [-0.39, 0.29) is 0 Å². The van der Waals surface area contributed by atoms with Crippen LogP contribution in [0.2, 0.25) is 5.02 Å². The standard InChI is InChI=1S/C14H15ClN/c1-16(2)14-5-3-4-12(10-14)11-6-8-13(15)9-7-11/h4-10H,3H2,1-2H3. The van der Waals surface area contributed by atoms with Crippen LogP contribution < -0.4 is 0 Å². The molecule has 83 valence electrons. The van der Waals surface area contributed by atoms with Crippen LogP contribution in [0.15, 0.2) is 42.1 Å². The molecule has 0 unspecified atom stereocenters. The van der Waals surface area contributed by atoms with Crippen molar-refractivity contribution in [1.29, 1.82) is 0 Å². The van der Waals surface area contributed by atoms with Crippen molar-refractivity contribution in [2.24, 2.45) is 0 Å². The second-order valence-electron chi connectivity index (χ2n) is 4.07. The van der Waals surface area contributed by atoms with Crippen LogP contribution in [0.1, 0.15) is 12.0 Å². The first-order valence-corrected chi connectivity index (χ1v) is 5.73. The minimum Gasteiger partial charge on any atom is -0.378 e. The van der Waals surface area contributed by atoms with Gasteiger partial charge >= 0.3 is 0 Å². The van der Waals surface area contributed by atoms with Crippen molar-refractivity contribution >= 4 is 17.2 Å². The van der Waals surface area contributed by atoms with Gasteiger partial charge < -0.3 is 4.90 Å². The maximum atomic E-state index is 5.88. The minimum absolute atomic E-state index is 0.781. The molecule has 0 fully saturated rings. The van der Waals surface area contributed by atoms with Crippen molar-refractivity contribution in [1.82, 2.24) is 4.90 Å². The minimum atomic E-state index is 0.781. The zero-order chi connectivity index (χ0) is 11.5.